The first-order valence-corrected chi connectivity index (χ1v) is 9.66. The molecule has 4 rings (SSSR count). The number of ether oxygens (including phenoxy) is 3. The Labute approximate surface area is 167 Å². The predicted octanol–water partition coefficient (Wildman–Crippen LogP) is 3.64. The van der Waals surface area contributed by atoms with Crippen molar-refractivity contribution in [2.24, 2.45) is 5.10 Å². The molecule has 0 N–H and O–H groups in total. The minimum absolute atomic E-state index is 0.612. The molecular weight excluding hydrogens is 376 g/mol. The van der Waals surface area contributed by atoms with E-state index in [1.54, 1.807) is 37.8 Å². The van der Waals surface area contributed by atoms with Gasteiger partial charge in [-0.3, -0.25) is 0 Å². The highest BCUT2D eigenvalue weighted by Crippen LogP contribution is 2.35. The third kappa shape index (κ3) is 3.20. The van der Waals surface area contributed by atoms with E-state index in [1.165, 1.54) is 0 Å². The molecule has 0 saturated carbocycles. The van der Waals surface area contributed by atoms with Crippen molar-refractivity contribution in [3.8, 4) is 28.6 Å². The van der Waals surface area contributed by atoms with Crippen LogP contribution in [0.5, 0.6) is 17.2 Å². The highest BCUT2D eigenvalue weighted by Gasteiger charge is 2.23. The number of nitrogens with zero attached hydrogens (tertiary/aromatic N) is 4. The Kier molecular flexibility index (Phi) is 4.95. The summed E-state index contributed by atoms with van der Waals surface area (Å²) in [6, 6.07) is 11.6. The smallest absolute Gasteiger partial charge is 0.212 e. The second-order valence-corrected chi connectivity index (χ2v) is 7.15. The minimum Gasteiger partial charge on any atom is -0.497 e. The van der Waals surface area contributed by atoms with Crippen LogP contribution in [0, 0.1) is 6.92 Å². The van der Waals surface area contributed by atoms with E-state index in [4.69, 9.17) is 19.3 Å². The average Bonchev–Trinajstić information content (AvgIpc) is 3.16. The molecule has 0 amide bonds. The third-order valence-corrected chi connectivity index (χ3v) is 5.48. The molecule has 0 aliphatic carbocycles. The molecule has 2 aromatic carbocycles. The Morgan fingerprint density at radius 1 is 0.929 bits per heavy atom. The highest BCUT2D eigenvalue weighted by atomic mass is 32.2. The van der Waals surface area contributed by atoms with Crippen molar-refractivity contribution in [2.45, 2.75) is 12.1 Å². The van der Waals surface area contributed by atoms with Crippen LogP contribution >= 0.6 is 11.8 Å². The summed E-state index contributed by atoms with van der Waals surface area (Å²) in [5.74, 6) is 3.59. The Hall–Kier alpha value is -3.00. The molecule has 3 aromatic rings. The second kappa shape index (κ2) is 7.55. The summed E-state index contributed by atoms with van der Waals surface area (Å²) in [5.41, 5.74) is 3.84. The van der Waals surface area contributed by atoms with Crippen LogP contribution in [0.15, 0.2) is 46.7 Å². The quantitative estimate of drug-likeness (QED) is 0.656. The fourth-order valence-electron chi connectivity index (χ4n) is 3.08. The van der Waals surface area contributed by atoms with Crippen molar-refractivity contribution in [1.82, 2.24) is 14.9 Å². The maximum atomic E-state index is 5.51. The van der Waals surface area contributed by atoms with E-state index in [0.717, 1.165) is 39.1 Å². The van der Waals surface area contributed by atoms with Crippen LogP contribution in [-0.2, 0) is 0 Å². The standard InChI is InChI=1S/C20H20N4O3S/c1-12-9-13(5-7-17(12)26-3)16-11-28-20-22-21-19(24(20)23-16)15-10-14(25-2)6-8-18(15)27-4/h5-10H,11H2,1-4H3. The summed E-state index contributed by atoms with van der Waals surface area (Å²) >= 11 is 1.60. The maximum absolute atomic E-state index is 5.51. The summed E-state index contributed by atoms with van der Waals surface area (Å²) in [7, 11) is 4.93. The van der Waals surface area contributed by atoms with Gasteiger partial charge < -0.3 is 14.2 Å². The first-order valence-electron chi connectivity index (χ1n) is 8.68. The third-order valence-electron chi connectivity index (χ3n) is 4.55. The molecule has 7 nitrogen and oxygen atoms in total. The lowest BCUT2D eigenvalue weighted by Gasteiger charge is -2.16. The maximum Gasteiger partial charge on any atom is 0.212 e. The highest BCUT2D eigenvalue weighted by molar-refractivity contribution is 7.99. The molecule has 0 saturated heterocycles. The number of hydrogen-bond donors (Lipinski definition) is 0. The summed E-state index contributed by atoms with van der Waals surface area (Å²) in [4.78, 5) is 0. The Balaban J connectivity index is 1.80. The van der Waals surface area contributed by atoms with Crippen LogP contribution in [0.25, 0.3) is 11.4 Å². The van der Waals surface area contributed by atoms with Gasteiger partial charge in [-0.05, 0) is 54.4 Å². The summed E-state index contributed by atoms with van der Waals surface area (Å²) in [6.45, 7) is 2.02. The number of methoxy groups -OCH3 is 3. The van der Waals surface area contributed by atoms with Gasteiger partial charge in [-0.1, -0.05) is 11.8 Å². The first kappa shape index (κ1) is 18.4. The van der Waals surface area contributed by atoms with E-state index in [-0.39, 0.29) is 0 Å². The topological polar surface area (TPSA) is 70.8 Å². The van der Waals surface area contributed by atoms with Gasteiger partial charge in [0.1, 0.15) is 17.2 Å². The van der Waals surface area contributed by atoms with Gasteiger partial charge >= 0.3 is 0 Å². The van der Waals surface area contributed by atoms with E-state index < -0.39 is 0 Å². The Morgan fingerprint density at radius 3 is 2.43 bits per heavy atom. The number of aromatic nitrogens is 3. The molecular formula is C20H20N4O3S. The zero-order valence-electron chi connectivity index (χ0n) is 16.1. The molecule has 2 heterocycles. The fraction of sp³-hybridized carbons (Fsp3) is 0.250. The van der Waals surface area contributed by atoms with Crippen LogP contribution < -0.4 is 14.2 Å². The van der Waals surface area contributed by atoms with Crippen LogP contribution in [0.4, 0.5) is 0 Å². The second-order valence-electron chi connectivity index (χ2n) is 6.20. The number of hydrogen-bond acceptors (Lipinski definition) is 7. The molecule has 144 valence electrons. The van der Waals surface area contributed by atoms with Crippen molar-refractivity contribution in [3.63, 3.8) is 0 Å². The lowest BCUT2D eigenvalue weighted by atomic mass is 10.1. The van der Waals surface area contributed by atoms with Crippen LogP contribution in [-0.4, -0.2) is 47.7 Å². The van der Waals surface area contributed by atoms with E-state index in [0.29, 0.717) is 17.3 Å². The largest absolute Gasteiger partial charge is 0.497 e. The minimum atomic E-state index is 0.612. The van der Waals surface area contributed by atoms with Gasteiger partial charge in [-0.25, -0.2) is 0 Å². The number of rotatable bonds is 5. The lowest BCUT2D eigenvalue weighted by Crippen LogP contribution is -2.14. The molecule has 1 aromatic heterocycles. The van der Waals surface area contributed by atoms with Crippen molar-refractivity contribution in [1.29, 1.82) is 0 Å². The zero-order valence-corrected chi connectivity index (χ0v) is 16.9. The van der Waals surface area contributed by atoms with Crippen molar-refractivity contribution in [3.05, 3.63) is 47.5 Å². The van der Waals surface area contributed by atoms with Crippen LogP contribution in [0.1, 0.15) is 11.1 Å². The van der Waals surface area contributed by atoms with Crippen LogP contribution in [0.3, 0.4) is 0 Å². The molecule has 0 atom stereocenters. The predicted molar refractivity (Wildman–Crippen MR) is 109 cm³/mol. The molecule has 0 spiro atoms. The fourth-order valence-corrected chi connectivity index (χ4v) is 3.92. The summed E-state index contributed by atoms with van der Waals surface area (Å²) in [6.07, 6.45) is 0. The number of fused-ring (bicyclic) bond motifs is 1. The van der Waals surface area contributed by atoms with Gasteiger partial charge in [0.15, 0.2) is 5.82 Å². The molecule has 1 aliphatic rings. The zero-order chi connectivity index (χ0) is 19.7. The molecule has 1 aliphatic heterocycles. The van der Waals surface area contributed by atoms with E-state index in [2.05, 4.69) is 16.3 Å². The normalized spacial score (nSPS) is 12.9. The van der Waals surface area contributed by atoms with Crippen molar-refractivity contribution < 1.29 is 14.2 Å². The van der Waals surface area contributed by atoms with Crippen LogP contribution in [0.2, 0.25) is 0 Å². The van der Waals surface area contributed by atoms with Gasteiger partial charge in [0.25, 0.3) is 0 Å². The SMILES string of the molecule is COc1ccc(OC)c(-c2nnc3n2N=C(c2ccc(OC)c(C)c2)CS3)c1. The molecule has 8 heteroatoms. The lowest BCUT2D eigenvalue weighted by molar-refractivity contribution is 0.404. The molecule has 0 unspecified atom stereocenters. The van der Waals surface area contributed by atoms with Crippen molar-refractivity contribution in [2.75, 3.05) is 27.1 Å². The molecule has 0 bridgehead atoms. The first-order chi connectivity index (χ1) is 13.6. The van der Waals surface area contributed by atoms with E-state index >= 15 is 0 Å². The average molecular weight is 396 g/mol. The number of aryl methyl sites for hydroxylation is 1. The van der Waals surface area contributed by atoms with Crippen molar-refractivity contribution >= 4 is 17.5 Å². The van der Waals surface area contributed by atoms with E-state index in [1.807, 2.05) is 37.3 Å². The summed E-state index contributed by atoms with van der Waals surface area (Å²) < 4.78 is 18.0. The molecule has 0 radical (unpaired) electrons. The summed E-state index contributed by atoms with van der Waals surface area (Å²) in [5, 5.41) is 14.2. The van der Waals surface area contributed by atoms with Gasteiger partial charge in [0, 0.05) is 5.75 Å². The molecule has 28 heavy (non-hydrogen) atoms. The van der Waals surface area contributed by atoms with Gasteiger partial charge in [-0.15, -0.1) is 10.2 Å². The molecule has 0 fully saturated rings. The van der Waals surface area contributed by atoms with Gasteiger partial charge in [0.05, 0.1) is 32.6 Å². The Bertz CT molecular complexity index is 1060. The number of thioether (sulfide) groups is 1. The van der Waals surface area contributed by atoms with E-state index in [9.17, 15) is 0 Å². The monoisotopic (exact) mass is 396 g/mol. The van der Waals surface area contributed by atoms with Gasteiger partial charge in [0.2, 0.25) is 5.16 Å². The number of benzene rings is 2. The Morgan fingerprint density at radius 2 is 1.71 bits per heavy atom. The van der Waals surface area contributed by atoms with Gasteiger partial charge in [-0.2, -0.15) is 9.78 Å².